The Morgan fingerprint density at radius 2 is 1.84 bits per heavy atom. The molecule has 0 amide bonds. The fraction of sp³-hybridized carbons (Fsp3) is 0.435. The van der Waals surface area contributed by atoms with Gasteiger partial charge in [-0.3, -0.25) is 0 Å². The van der Waals surface area contributed by atoms with Crippen LogP contribution in [-0.4, -0.2) is 32.2 Å². The normalized spacial score (nSPS) is 28.3. The van der Waals surface area contributed by atoms with Crippen LogP contribution in [0.2, 0.25) is 0 Å². The summed E-state index contributed by atoms with van der Waals surface area (Å²) in [5.74, 6) is -3.60. The molecule has 2 fully saturated rings. The summed E-state index contributed by atoms with van der Waals surface area (Å²) in [7, 11) is -3.61. The summed E-state index contributed by atoms with van der Waals surface area (Å²) in [6, 6.07) is 14.4. The monoisotopic (exact) mass is 448 g/mol. The largest absolute Gasteiger partial charge is 0.311 e. The minimum Gasteiger partial charge on any atom is -0.311 e. The number of halogens is 3. The molecule has 2 aliphatic rings. The fourth-order valence-corrected chi connectivity index (χ4v) is 7.07. The summed E-state index contributed by atoms with van der Waals surface area (Å²) in [4.78, 5) is 0. The van der Waals surface area contributed by atoms with E-state index in [-0.39, 0.29) is 30.1 Å². The molecule has 0 aromatic heterocycles. The Bertz CT molecular complexity index is 1120. The zero-order valence-electron chi connectivity index (χ0n) is 17.0. The van der Waals surface area contributed by atoms with Gasteiger partial charge in [-0.25, -0.2) is 21.6 Å². The number of rotatable bonds is 4. The highest BCUT2D eigenvalue weighted by Gasteiger charge is 2.58. The first-order valence-corrected chi connectivity index (χ1v) is 11.8. The number of sulfone groups is 1. The number of benzene rings is 2. The minimum absolute atomic E-state index is 0.0400. The minimum atomic E-state index is -3.61. The van der Waals surface area contributed by atoms with Gasteiger partial charge in [0.05, 0.1) is 22.0 Å². The van der Waals surface area contributed by atoms with Gasteiger partial charge in [0.25, 0.3) is 5.92 Å². The topological polar surface area (TPSA) is 70.0 Å². The van der Waals surface area contributed by atoms with Crippen molar-refractivity contribution in [2.75, 3.05) is 6.54 Å². The second-order valence-corrected chi connectivity index (χ2v) is 11.0. The lowest BCUT2D eigenvalue weighted by Gasteiger charge is -2.42. The number of hydrogen-bond acceptors (Lipinski definition) is 4. The van der Waals surface area contributed by atoms with E-state index in [1.807, 2.05) is 12.1 Å². The average molecular weight is 449 g/mol. The summed E-state index contributed by atoms with van der Waals surface area (Å²) in [6.07, 6.45) is -1.31. The van der Waals surface area contributed by atoms with Crippen LogP contribution in [0.4, 0.5) is 13.2 Å². The molecule has 4 nitrogen and oxygen atoms in total. The summed E-state index contributed by atoms with van der Waals surface area (Å²) < 4.78 is 68.4. The number of nitrogens with zero attached hydrogens (tertiary/aromatic N) is 1. The molecule has 0 bridgehead atoms. The molecule has 1 aliphatic carbocycles. The summed E-state index contributed by atoms with van der Waals surface area (Å²) in [5, 5.41) is 11.0. The van der Waals surface area contributed by atoms with E-state index >= 15 is 0 Å². The lowest BCUT2D eigenvalue weighted by Crippen LogP contribution is -2.53. The Labute approximate surface area is 180 Å². The molecule has 1 saturated heterocycles. The standard InChI is InChI=1S/C23H23F3N2O2S/c1-15-20(31(29,30)21(11-28-15)16-5-3-2-4-6-16)9-17-7-8-18(10-19(17)24)22(14-27)12-23(25,26)13-22/h2-8,10,15,20-21,28H,9,11-13H2,1H3/t15-,20?,21-/m0/s1. The average Bonchev–Trinajstić information content (AvgIpc) is 2.70. The first-order valence-electron chi connectivity index (χ1n) is 10.2. The molecule has 4 rings (SSSR count). The van der Waals surface area contributed by atoms with E-state index in [9.17, 15) is 26.9 Å². The van der Waals surface area contributed by atoms with Crippen LogP contribution in [0.3, 0.4) is 0 Å². The van der Waals surface area contributed by atoms with Gasteiger partial charge in [-0.15, -0.1) is 0 Å². The maximum Gasteiger partial charge on any atom is 0.251 e. The van der Waals surface area contributed by atoms with Crippen molar-refractivity contribution >= 4 is 9.84 Å². The lowest BCUT2D eigenvalue weighted by atomic mass is 9.63. The van der Waals surface area contributed by atoms with Crippen molar-refractivity contribution in [1.29, 1.82) is 5.26 Å². The molecule has 31 heavy (non-hydrogen) atoms. The quantitative estimate of drug-likeness (QED) is 0.766. The van der Waals surface area contributed by atoms with Gasteiger partial charge in [-0.2, -0.15) is 5.26 Å². The fourth-order valence-electron chi connectivity index (χ4n) is 4.71. The number of nitrogens with one attached hydrogen (secondary N) is 1. The molecule has 1 unspecified atom stereocenters. The van der Waals surface area contributed by atoms with E-state index in [1.165, 1.54) is 12.1 Å². The first-order chi connectivity index (χ1) is 14.6. The maximum atomic E-state index is 14.9. The highest BCUT2D eigenvalue weighted by molar-refractivity contribution is 7.92. The van der Waals surface area contributed by atoms with E-state index in [4.69, 9.17) is 0 Å². The van der Waals surface area contributed by atoms with Crippen molar-refractivity contribution in [2.24, 2.45) is 0 Å². The predicted molar refractivity (Wildman–Crippen MR) is 111 cm³/mol. The van der Waals surface area contributed by atoms with Crippen molar-refractivity contribution < 1.29 is 21.6 Å². The van der Waals surface area contributed by atoms with Crippen LogP contribution in [0.5, 0.6) is 0 Å². The van der Waals surface area contributed by atoms with Crippen molar-refractivity contribution in [2.45, 2.75) is 54.1 Å². The van der Waals surface area contributed by atoms with E-state index in [2.05, 4.69) is 5.32 Å². The lowest BCUT2D eigenvalue weighted by molar-refractivity contribution is -0.109. The molecule has 3 atom stereocenters. The highest BCUT2D eigenvalue weighted by Crippen LogP contribution is 2.53. The number of hydrogen-bond donors (Lipinski definition) is 1. The zero-order chi connectivity index (χ0) is 22.4. The number of nitriles is 1. The van der Waals surface area contributed by atoms with Crippen LogP contribution in [0, 0.1) is 17.1 Å². The molecule has 164 valence electrons. The van der Waals surface area contributed by atoms with Gasteiger partial charge >= 0.3 is 0 Å². The molecular formula is C23H23F3N2O2S. The van der Waals surface area contributed by atoms with Gasteiger partial charge in [-0.05, 0) is 36.1 Å². The van der Waals surface area contributed by atoms with Crippen LogP contribution < -0.4 is 5.32 Å². The molecule has 0 radical (unpaired) electrons. The molecule has 1 aliphatic heterocycles. The van der Waals surface area contributed by atoms with Crippen LogP contribution >= 0.6 is 0 Å². The van der Waals surface area contributed by atoms with E-state index in [0.717, 1.165) is 6.07 Å². The van der Waals surface area contributed by atoms with Gasteiger partial charge in [-0.1, -0.05) is 42.5 Å². The van der Waals surface area contributed by atoms with E-state index in [1.54, 1.807) is 31.2 Å². The molecule has 2 aromatic carbocycles. The van der Waals surface area contributed by atoms with E-state index < -0.39 is 50.3 Å². The summed E-state index contributed by atoms with van der Waals surface area (Å²) >= 11 is 0. The zero-order valence-corrected chi connectivity index (χ0v) is 17.8. The van der Waals surface area contributed by atoms with Gasteiger partial charge < -0.3 is 5.32 Å². The maximum absolute atomic E-state index is 14.9. The molecule has 1 N–H and O–H groups in total. The first kappa shape index (κ1) is 21.8. The summed E-state index contributed by atoms with van der Waals surface area (Å²) in [6.45, 7) is 2.04. The van der Waals surface area contributed by atoms with Crippen LogP contribution in [-0.2, 0) is 21.7 Å². The highest BCUT2D eigenvalue weighted by atomic mass is 32.2. The van der Waals surface area contributed by atoms with Gasteiger partial charge in [0.2, 0.25) is 0 Å². The molecular weight excluding hydrogens is 425 g/mol. The second kappa shape index (κ2) is 7.64. The second-order valence-electron chi connectivity index (χ2n) is 8.64. The molecule has 8 heteroatoms. The SMILES string of the molecule is C[C@@H]1NC[C@@H](c2ccccc2)S(=O)(=O)C1Cc1ccc(C2(C#N)CC(F)(F)C2)cc1F. The Balaban J connectivity index is 1.60. The van der Waals surface area contributed by atoms with Gasteiger partial charge in [0.1, 0.15) is 5.82 Å². The van der Waals surface area contributed by atoms with Crippen LogP contribution in [0.15, 0.2) is 48.5 Å². The van der Waals surface area contributed by atoms with E-state index in [0.29, 0.717) is 5.56 Å². The van der Waals surface area contributed by atoms with Crippen LogP contribution in [0.25, 0.3) is 0 Å². The molecule has 1 heterocycles. The summed E-state index contributed by atoms with van der Waals surface area (Å²) in [5.41, 5.74) is -0.307. The van der Waals surface area contributed by atoms with Crippen molar-refractivity contribution in [1.82, 2.24) is 5.32 Å². The Morgan fingerprint density at radius 3 is 2.42 bits per heavy atom. The molecule has 0 spiro atoms. The Morgan fingerprint density at radius 1 is 1.16 bits per heavy atom. The van der Waals surface area contributed by atoms with Crippen molar-refractivity contribution in [3.8, 4) is 6.07 Å². The third-order valence-corrected chi connectivity index (χ3v) is 9.19. The third-order valence-electron chi connectivity index (χ3n) is 6.53. The van der Waals surface area contributed by atoms with Crippen molar-refractivity contribution in [3.05, 3.63) is 71.0 Å². The molecule has 1 saturated carbocycles. The van der Waals surface area contributed by atoms with Gasteiger partial charge in [0, 0.05) is 25.4 Å². The van der Waals surface area contributed by atoms with Crippen LogP contribution in [0.1, 0.15) is 41.7 Å². The Hall–Kier alpha value is -2.37. The Kier molecular flexibility index (Phi) is 5.39. The third kappa shape index (κ3) is 3.85. The number of alkyl halides is 2. The van der Waals surface area contributed by atoms with Gasteiger partial charge in [0.15, 0.2) is 9.84 Å². The smallest absolute Gasteiger partial charge is 0.251 e. The predicted octanol–water partition coefficient (Wildman–Crippen LogP) is 4.08. The van der Waals surface area contributed by atoms with Crippen molar-refractivity contribution in [3.63, 3.8) is 0 Å². The molecule has 2 aromatic rings.